The molecule has 1 aromatic rings. The van der Waals surface area contributed by atoms with Crippen molar-refractivity contribution in [3.63, 3.8) is 0 Å². The van der Waals surface area contributed by atoms with Gasteiger partial charge >= 0.3 is 12.2 Å². The molecule has 9 heteroatoms. The number of halogens is 3. The molecule has 0 aromatic heterocycles. The summed E-state index contributed by atoms with van der Waals surface area (Å²) in [5, 5.41) is 7.94. The Bertz CT molecular complexity index is 560. The average Bonchev–Trinajstić information content (AvgIpc) is 2.49. The molecule has 0 radical (unpaired) electrons. The van der Waals surface area contributed by atoms with Crippen molar-refractivity contribution in [3.05, 3.63) is 29.8 Å². The summed E-state index contributed by atoms with van der Waals surface area (Å²) in [6.45, 7) is 2.27. The molecule has 0 aliphatic carbocycles. The van der Waals surface area contributed by atoms with Gasteiger partial charge in [0.05, 0.1) is 6.61 Å². The van der Waals surface area contributed by atoms with Gasteiger partial charge in [-0.1, -0.05) is 12.1 Å². The second-order valence-corrected chi connectivity index (χ2v) is 5.64. The molecule has 0 saturated carbocycles. The Morgan fingerprint density at radius 2 is 1.80 bits per heavy atom. The molecular weight excluding hydrogens is 339 g/mol. The fourth-order valence-electron chi connectivity index (χ4n) is 1.78. The van der Waals surface area contributed by atoms with Crippen molar-refractivity contribution in [1.82, 2.24) is 10.6 Å². The summed E-state index contributed by atoms with van der Waals surface area (Å²) in [7, 11) is 0. The second-order valence-electron chi connectivity index (χ2n) is 5.64. The first-order valence-corrected chi connectivity index (χ1v) is 7.73. The number of rotatable bonds is 8. The van der Waals surface area contributed by atoms with Crippen LogP contribution >= 0.6 is 0 Å². The molecule has 0 unspecified atom stereocenters. The first kappa shape index (κ1) is 20.8. The number of ether oxygens (including phenoxy) is 1. The Morgan fingerprint density at radius 3 is 2.36 bits per heavy atom. The largest absolute Gasteiger partial charge is 0.411 e. The molecule has 0 aliphatic heterocycles. The predicted molar refractivity (Wildman–Crippen MR) is 87.1 cm³/mol. The van der Waals surface area contributed by atoms with E-state index >= 15 is 0 Å². The Hall–Kier alpha value is -2.29. The number of hydrogen-bond acceptors (Lipinski definition) is 3. The van der Waals surface area contributed by atoms with E-state index in [1.807, 2.05) is 13.8 Å². The van der Waals surface area contributed by atoms with Gasteiger partial charge in [-0.15, -0.1) is 0 Å². The van der Waals surface area contributed by atoms with Crippen molar-refractivity contribution in [2.45, 2.75) is 39.0 Å². The highest BCUT2D eigenvalue weighted by molar-refractivity contribution is 5.89. The number of nitrogens with one attached hydrogen (secondary N) is 3. The minimum atomic E-state index is -4.39. The molecule has 0 aliphatic rings. The van der Waals surface area contributed by atoms with E-state index in [9.17, 15) is 22.8 Å². The van der Waals surface area contributed by atoms with Gasteiger partial charge in [0, 0.05) is 24.7 Å². The molecule has 0 spiro atoms. The summed E-state index contributed by atoms with van der Waals surface area (Å²) < 4.78 is 40.0. The quantitative estimate of drug-likeness (QED) is 0.623. The number of urea groups is 1. The standard InChI is InChI=1S/C16H22F3N3O3/c1-11(2)21-15(24)22-13-5-3-12(4-6-13)9-20-14(23)7-8-25-10-16(17,18)19/h3-6,11H,7-10H2,1-2H3,(H,20,23)(H2,21,22,24). The smallest absolute Gasteiger partial charge is 0.372 e. The van der Waals surface area contributed by atoms with Gasteiger partial charge in [0.25, 0.3) is 0 Å². The zero-order valence-electron chi connectivity index (χ0n) is 14.1. The van der Waals surface area contributed by atoms with Crippen molar-refractivity contribution >= 4 is 17.6 Å². The van der Waals surface area contributed by atoms with Crippen LogP contribution in [0.2, 0.25) is 0 Å². The van der Waals surface area contributed by atoms with Crippen LogP contribution < -0.4 is 16.0 Å². The number of benzene rings is 1. The van der Waals surface area contributed by atoms with Crippen molar-refractivity contribution in [2.75, 3.05) is 18.5 Å². The van der Waals surface area contributed by atoms with Gasteiger partial charge < -0.3 is 20.7 Å². The lowest BCUT2D eigenvalue weighted by atomic mass is 10.2. The molecular formula is C16H22F3N3O3. The van der Waals surface area contributed by atoms with Gasteiger partial charge in [0.15, 0.2) is 0 Å². The van der Waals surface area contributed by atoms with Gasteiger partial charge in [-0.05, 0) is 31.5 Å². The van der Waals surface area contributed by atoms with Gasteiger partial charge in [-0.3, -0.25) is 4.79 Å². The number of carbonyl (C=O) groups is 2. The molecule has 3 N–H and O–H groups in total. The lowest BCUT2D eigenvalue weighted by Gasteiger charge is -2.11. The van der Waals surface area contributed by atoms with Crippen LogP contribution in [-0.2, 0) is 16.1 Å². The monoisotopic (exact) mass is 361 g/mol. The molecule has 25 heavy (non-hydrogen) atoms. The number of amides is 3. The predicted octanol–water partition coefficient (Wildman–Crippen LogP) is 2.80. The van der Waals surface area contributed by atoms with Gasteiger partial charge in [0.2, 0.25) is 5.91 Å². The highest BCUT2D eigenvalue weighted by Gasteiger charge is 2.27. The Morgan fingerprint density at radius 1 is 1.16 bits per heavy atom. The third-order valence-corrected chi connectivity index (χ3v) is 2.86. The number of anilines is 1. The lowest BCUT2D eigenvalue weighted by molar-refractivity contribution is -0.174. The molecule has 0 bridgehead atoms. The molecule has 1 aromatic carbocycles. The summed E-state index contributed by atoms with van der Waals surface area (Å²) in [6.07, 6.45) is -4.54. The van der Waals surface area contributed by atoms with E-state index < -0.39 is 18.7 Å². The van der Waals surface area contributed by atoms with E-state index in [1.165, 1.54) is 0 Å². The van der Waals surface area contributed by atoms with Crippen LogP contribution in [0.15, 0.2) is 24.3 Å². The molecule has 0 heterocycles. The average molecular weight is 361 g/mol. The fraction of sp³-hybridized carbons (Fsp3) is 0.500. The normalized spacial score (nSPS) is 11.3. The van der Waals surface area contributed by atoms with Crippen LogP contribution in [0.1, 0.15) is 25.8 Å². The number of alkyl halides is 3. The minimum absolute atomic E-state index is 0.0228. The Labute approximate surface area is 144 Å². The summed E-state index contributed by atoms with van der Waals surface area (Å²) in [5.41, 5.74) is 1.40. The van der Waals surface area contributed by atoms with Crippen LogP contribution in [0.3, 0.4) is 0 Å². The molecule has 3 amide bonds. The van der Waals surface area contributed by atoms with E-state index in [1.54, 1.807) is 24.3 Å². The van der Waals surface area contributed by atoms with Crippen LogP contribution in [0.5, 0.6) is 0 Å². The van der Waals surface area contributed by atoms with Crippen molar-refractivity contribution in [3.8, 4) is 0 Å². The van der Waals surface area contributed by atoms with Crippen molar-refractivity contribution < 1.29 is 27.5 Å². The number of carbonyl (C=O) groups excluding carboxylic acids is 2. The lowest BCUT2D eigenvalue weighted by Crippen LogP contribution is -2.34. The first-order chi connectivity index (χ1) is 11.7. The highest BCUT2D eigenvalue weighted by atomic mass is 19.4. The maximum atomic E-state index is 11.9. The number of hydrogen-bond donors (Lipinski definition) is 3. The summed E-state index contributed by atoms with van der Waals surface area (Å²) >= 11 is 0. The minimum Gasteiger partial charge on any atom is -0.372 e. The second kappa shape index (κ2) is 9.87. The maximum Gasteiger partial charge on any atom is 0.411 e. The van der Waals surface area contributed by atoms with E-state index in [0.29, 0.717) is 5.69 Å². The van der Waals surface area contributed by atoms with Crippen LogP contribution in [0, 0.1) is 0 Å². The third kappa shape index (κ3) is 10.2. The van der Waals surface area contributed by atoms with Crippen molar-refractivity contribution in [2.24, 2.45) is 0 Å². The van der Waals surface area contributed by atoms with Crippen LogP contribution in [0.4, 0.5) is 23.7 Å². The molecule has 0 atom stereocenters. The van der Waals surface area contributed by atoms with E-state index in [4.69, 9.17) is 0 Å². The summed E-state index contributed by atoms with van der Waals surface area (Å²) in [6, 6.07) is 6.54. The maximum absolute atomic E-state index is 11.9. The van der Waals surface area contributed by atoms with Gasteiger partial charge in [-0.25, -0.2) is 4.79 Å². The van der Waals surface area contributed by atoms with E-state index in [2.05, 4.69) is 20.7 Å². The zero-order valence-corrected chi connectivity index (χ0v) is 14.1. The van der Waals surface area contributed by atoms with Gasteiger partial charge in [0.1, 0.15) is 6.61 Å². The molecule has 6 nitrogen and oxygen atoms in total. The van der Waals surface area contributed by atoms with Crippen LogP contribution in [0.25, 0.3) is 0 Å². The van der Waals surface area contributed by atoms with Gasteiger partial charge in [-0.2, -0.15) is 13.2 Å². The molecule has 1 rings (SSSR count). The molecule has 0 fully saturated rings. The Balaban J connectivity index is 2.29. The van der Waals surface area contributed by atoms with Crippen molar-refractivity contribution in [1.29, 1.82) is 0 Å². The first-order valence-electron chi connectivity index (χ1n) is 7.73. The highest BCUT2D eigenvalue weighted by Crippen LogP contribution is 2.14. The molecule has 140 valence electrons. The van der Waals surface area contributed by atoms with Crippen LogP contribution in [-0.4, -0.2) is 37.4 Å². The van der Waals surface area contributed by atoms with E-state index in [0.717, 1.165) is 5.56 Å². The fourth-order valence-corrected chi connectivity index (χ4v) is 1.78. The molecule has 0 saturated heterocycles. The Kier molecular flexibility index (Phi) is 8.20. The topological polar surface area (TPSA) is 79.5 Å². The third-order valence-electron chi connectivity index (χ3n) is 2.86. The van der Waals surface area contributed by atoms with E-state index in [-0.39, 0.29) is 31.6 Å². The summed E-state index contributed by atoms with van der Waals surface area (Å²) in [4.78, 5) is 23.1. The summed E-state index contributed by atoms with van der Waals surface area (Å²) in [5.74, 6) is -0.402. The zero-order chi connectivity index (χ0) is 18.9. The SMILES string of the molecule is CC(C)NC(=O)Nc1ccc(CNC(=O)CCOCC(F)(F)F)cc1.